The van der Waals surface area contributed by atoms with E-state index >= 15 is 0 Å². The van der Waals surface area contributed by atoms with Gasteiger partial charge in [-0.1, -0.05) is 35.0 Å². The van der Waals surface area contributed by atoms with Crippen LogP contribution in [0, 0.1) is 0 Å². The summed E-state index contributed by atoms with van der Waals surface area (Å²) in [7, 11) is -3.80. The maximum atomic E-state index is 13.5. The highest BCUT2D eigenvalue weighted by atomic mass is 35.5. The van der Waals surface area contributed by atoms with Crippen molar-refractivity contribution in [2.24, 2.45) is 0 Å². The molecule has 0 radical (unpaired) electrons. The first-order valence-electron chi connectivity index (χ1n) is 11.9. The number of hydrogen-bond donors (Lipinski definition) is 1. The van der Waals surface area contributed by atoms with E-state index in [0.717, 1.165) is 5.56 Å². The summed E-state index contributed by atoms with van der Waals surface area (Å²) in [6.07, 6.45) is 1.29. The number of nitrogens with zero attached hydrogens (tertiary/aromatic N) is 5. The van der Waals surface area contributed by atoms with Gasteiger partial charge in [0.15, 0.2) is 22.7 Å². The fourth-order valence-corrected chi connectivity index (χ4v) is 6.42. The highest BCUT2D eigenvalue weighted by Gasteiger charge is 2.33. The molecule has 11 nitrogen and oxygen atoms in total. The molecular weight excluding hydrogens is 520 g/mol. The zero-order valence-corrected chi connectivity index (χ0v) is 21.2. The van der Waals surface area contributed by atoms with E-state index in [0.29, 0.717) is 67.1 Å². The van der Waals surface area contributed by atoms with Gasteiger partial charge in [0.25, 0.3) is 5.56 Å². The van der Waals surface area contributed by atoms with Crippen LogP contribution in [0.15, 0.2) is 52.2 Å². The van der Waals surface area contributed by atoms with Gasteiger partial charge >= 0.3 is 0 Å². The van der Waals surface area contributed by atoms with Gasteiger partial charge in [-0.3, -0.25) is 4.79 Å². The molecular formula is C24H23ClN6O5S. The highest BCUT2D eigenvalue weighted by molar-refractivity contribution is 7.89. The Morgan fingerprint density at radius 3 is 2.76 bits per heavy atom. The van der Waals surface area contributed by atoms with Gasteiger partial charge in [-0.15, -0.1) is 5.10 Å². The van der Waals surface area contributed by atoms with Gasteiger partial charge < -0.3 is 14.5 Å². The minimum absolute atomic E-state index is 0.118. The number of benzene rings is 2. The fourth-order valence-electron chi connectivity index (χ4n) is 4.69. The second-order valence-corrected chi connectivity index (χ2v) is 11.3. The topological polar surface area (TPSA) is 132 Å². The number of sulfonamides is 1. The molecule has 2 aromatic heterocycles. The third kappa shape index (κ3) is 4.45. The molecule has 192 valence electrons. The van der Waals surface area contributed by atoms with Gasteiger partial charge in [-0.2, -0.15) is 4.31 Å². The predicted octanol–water partition coefficient (Wildman–Crippen LogP) is 2.56. The van der Waals surface area contributed by atoms with E-state index in [1.165, 1.54) is 21.1 Å². The molecule has 2 aliphatic heterocycles. The van der Waals surface area contributed by atoms with E-state index in [9.17, 15) is 13.2 Å². The Hall–Kier alpha value is -3.48. The van der Waals surface area contributed by atoms with Crippen molar-refractivity contribution in [2.75, 3.05) is 26.3 Å². The molecule has 2 aromatic carbocycles. The second-order valence-electron chi connectivity index (χ2n) is 8.97. The van der Waals surface area contributed by atoms with E-state index in [1.54, 1.807) is 12.1 Å². The lowest BCUT2D eigenvalue weighted by Crippen LogP contribution is -2.40. The first-order chi connectivity index (χ1) is 17.9. The first kappa shape index (κ1) is 23.9. The van der Waals surface area contributed by atoms with E-state index in [2.05, 4.69) is 20.3 Å². The number of aromatic amines is 1. The smallest absolute Gasteiger partial charge is 0.281 e. The molecule has 1 N–H and O–H groups in total. The Kier molecular flexibility index (Phi) is 6.09. The predicted molar refractivity (Wildman–Crippen MR) is 135 cm³/mol. The number of H-pyrrole nitrogens is 1. The Labute approximate surface area is 217 Å². The number of rotatable bonds is 5. The molecule has 1 saturated heterocycles. The number of piperidine rings is 1. The van der Waals surface area contributed by atoms with E-state index < -0.39 is 15.6 Å². The molecule has 1 fully saturated rings. The summed E-state index contributed by atoms with van der Waals surface area (Å²) in [6, 6.07) is 12.0. The number of halogens is 1. The molecule has 37 heavy (non-hydrogen) atoms. The highest BCUT2D eigenvalue weighted by Crippen LogP contribution is 2.35. The van der Waals surface area contributed by atoms with E-state index in [-0.39, 0.29) is 22.9 Å². The van der Waals surface area contributed by atoms with Crippen LogP contribution in [-0.4, -0.2) is 64.0 Å². The van der Waals surface area contributed by atoms with Crippen LogP contribution in [0.1, 0.15) is 30.1 Å². The van der Waals surface area contributed by atoms with Crippen molar-refractivity contribution < 1.29 is 17.9 Å². The lowest BCUT2D eigenvalue weighted by Gasteiger charge is -2.31. The van der Waals surface area contributed by atoms with Crippen molar-refractivity contribution in [3.05, 3.63) is 69.2 Å². The summed E-state index contributed by atoms with van der Waals surface area (Å²) in [6.45, 7) is 1.63. The standard InChI is InChI=1S/C24H23ClN6O5S/c25-18-6-2-1-4-15(18)14-31-23-21(28-29-31)24(32)27-22(26-23)16-5-3-9-30(13-16)37(33,34)17-7-8-19-20(12-17)36-11-10-35-19/h1-2,4,6-8,12,16H,3,5,9-11,13-14H2,(H,26,27,32). The Balaban J connectivity index is 1.29. The van der Waals surface area contributed by atoms with Gasteiger partial charge in [0.1, 0.15) is 19.0 Å². The van der Waals surface area contributed by atoms with Crippen LogP contribution in [0.3, 0.4) is 0 Å². The zero-order valence-electron chi connectivity index (χ0n) is 19.6. The molecule has 0 spiro atoms. The Bertz CT molecular complexity index is 1650. The van der Waals surface area contributed by atoms with Crippen molar-refractivity contribution in [3.8, 4) is 11.5 Å². The lowest BCUT2D eigenvalue weighted by atomic mass is 9.99. The molecule has 0 amide bonds. The van der Waals surface area contributed by atoms with Crippen LogP contribution in [-0.2, 0) is 16.6 Å². The van der Waals surface area contributed by atoms with Gasteiger partial charge in [-0.05, 0) is 36.6 Å². The molecule has 6 rings (SSSR count). The zero-order chi connectivity index (χ0) is 25.6. The molecule has 1 unspecified atom stereocenters. The maximum Gasteiger partial charge on any atom is 0.281 e. The van der Waals surface area contributed by atoms with Crippen molar-refractivity contribution in [3.63, 3.8) is 0 Å². The van der Waals surface area contributed by atoms with Crippen LogP contribution in [0.5, 0.6) is 11.5 Å². The average molecular weight is 543 g/mol. The van der Waals surface area contributed by atoms with Crippen LogP contribution in [0.2, 0.25) is 5.02 Å². The first-order valence-corrected chi connectivity index (χ1v) is 13.7. The molecule has 0 bridgehead atoms. The SMILES string of the molecule is O=c1[nH]c(C2CCCN(S(=O)(=O)c3ccc4c(c3)OCCO4)C2)nc2c1nnn2Cc1ccccc1Cl. The largest absolute Gasteiger partial charge is 0.486 e. The average Bonchev–Trinajstić information content (AvgIpc) is 3.33. The normalized spacial score (nSPS) is 18.2. The van der Waals surface area contributed by atoms with Crippen molar-refractivity contribution >= 4 is 32.8 Å². The Morgan fingerprint density at radius 1 is 1.11 bits per heavy atom. The van der Waals surface area contributed by atoms with Crippen molar-refractivity contribution in [1.29, 1.82) is 0 Å². The molecule has 0 saturated carbocycles. The molecule has 4 heterocycles. The Morgan fingerprint density at radius 2 is 1.92 bits per heavy atom. The third-order valence-corrected chi connectivity index (χ3v) is 8.82. The van der Waals surface area contributed by atoms with E-state index in [1.807, 2.05) is 18.2 Å². The molecule has 1 atom stereocenters. The maximum absolute atomic E-state index is 13.5. The summed E-state index contributed by atoms with van der Waals surface area (Å²) in [5.74, 6) is 1.04. The van der Waals surface area contributed by atoms with Crippen LogP contribution in [0.25, 0.3) is 11.2 Å². The second kappa shape index (κ2) is 9.43. The number of ether oxygens (including phenoxy) is 2. The van der Waals surface area contributed by atoms with Crippen LogP contribution < -0.4 is 15.0 Å². The van der Waals surface area contributed by atoms with Gasteiger partial charge in [0.05, 0.1) is 11.4 Å². The molecule has 13 heteroatoms. The summed E-state index contributed by atoms with van der Waals surface area (Å²) >= 11 is 6.30. The molecule has 2 aliphatic rings. The number of nitrogens with one attached hydrogen (secondary N) is 1. The van der Waals surface area contributed by atoms with Crippen LogP contribution in [0.4, 0.5) is 0 Å². The third-order valence-electron chi connectivity index (χ3n) is 6.59. The minimum Gasteiger partial charge on any atom is -0.486 e. The van der Waals surface area contributed by atoms with Gasteiger partial charge in [0, 0.05) is 30.1 Å². The van der Waals surface area contributed by atoms with Crippen LogP contribution >= 0.6 is 11.6 Å². The number of fused-ring (bicyclic) bond motifs is 2. The summed E-state index contributed by atoms with van der Waals surface area (Å²) in [5.41, 5.74) is 0.837. The van der Waals surface area contributed by atoms with Gasteiger partial charge in [-0.25, -0.2) is 18.1 Å². The summed E-state index contributed by atoms with van der Waals surface area (Å²) in [5, 5.41) is 8.67. The lowest BCUT2D eigenvalue weighted by molar-refractivity contribution is 0.171. The summed E-state index contributed by atoms with van der Waals surface area (Å²) < 4.78 is 41.0. The van der Waals surface area contributed by atoms with E-state index in [4.69, 9.17) is 21.1 Å². The molecule has 4 aromatic rings. The summed E-state index contributed by atoms with van der Waals surface area (Å²) in [4.78, 5) is 20.4. The minimum atomic E-state index is -3.80. The number of hydrogen-bond acceptors (Lipinski definition) is 8. The number of aromatic nitrogens is 5. The van der Waals surface area contributed by atoms with Crippen molar-refractivity contribution in [1.82, 2.24) is 29.3 Å². The quantitative estimate of drug-likeness (QED) is 0.407. The fraction of sp³-hybridized carbons (Fsp3) is 0.333. The van der Waals surface area contributed by atoms with Gasteiger partial charge in [0.2, 0.25) is 10.0 Å². The van der Waals surface area contributed by atoms with Crippen molar-refractivity contribution in [2.45, 2.75) is 30.2 Å². The monoisotopic (exact) mass is 542 g/mol. The molecule has 0 aliphatic carbocycles.